The van der Waals surface area contributed by atoms with Gasteiger partial charge < -0.3 is 4.74 Å². The first-order valence-electron chi connectivity index (χ1n) is 4.78. The quantitative estimate of drug-likeness (QED) is 0.745. The molecule has 0 bridgehead atoms. The summed E-state index contributed by atoms with van der Waals surface area (Å²) in [6.07, 6.45) is 2.61. The van der Waals surface area contributed by atoms with Crippen molar-refractivity contribution >= 4 is 15.9 Å². The van der Waals surface area contributed by atoms with E-state index in [1.54, 1.807) is 19.1 Å². The van der Waals surface area contributed by atoms with Crippen LogP contribution in [0.25, 0.3) is 0 Å². The second kappa shape index (κ2) is 5.31. The molecule has 0 amide bonds. The van der Waals surface area contributed by atoms with E-state index in [2.05, 4.69) is 22.5 Å². The van der Waals surface area contributed by atoms with Gasteiger partial charge in [-0.1, -0.05) is 6.08 Å². The summed E-state index contributed by atoms with van der Waals surface area (Å²) in [4.78, 5) is 0. The predicted octanol–water partition coefficient (Wildman–Crippen LogP) is 4.24. The van der Waals surface area contributed by atoms with E-state index in [4.69, 9.17) is 4.74 Å². The molecule has 0 N–H and O–H groups in total. The molecule has 0 saturated carbocycles. The molecule has 15 heavy (non-hydrogen) atoms. The molecule has 0 aliphatic heterocycles. The van der Waals surface area contributed by atoms with Gasteiger partial charge in [0.2, 0.25) is 0 Å². The fourth-order valence-electron chi connectivity index (χ4n) is 1.23. The zero-order valence-electron chi connectivity index (χ0n) is 8.89. The average Bonchev–Trinajstić information content (AvgIpc) is 2.20. The van der Waals surface area contributed by atoms with Gasteiger partial charge in [0.1, 0.15) is 11.6 Å². The van der Waals surface area contributed by atoms with Gasteiger partial charge in [0.05, 0.1) is 10.6 Å². The highest BCUT2D eigenvalue weighted by atomic mass is 79.9. The van der Waals surface area contributed by atoms with Crippen molar-refractivity contribution in [3.05, 3.63) is 40.6 Å². The molecule has 1 aromatic carbocycles. The number of ether oxygens (including phenoxy) is 1. The lowest BCUT2D eigenvalue weighted by molar-refractivity contribution is 0.223. The fraction of sp³-hybridized carbons (Fsp3) is 0.333. The molecule has 0 radical (unpaired) electrons. The maximum Gasteiger partial charge on any atom is 0.134 e. The van der Waals surface area contributed by atoms with Crippen LogP contribution in [-0.2, 0) is 0 Å². The second-order valence-electron chi connectivity index (χ2n) is 3.44. The Labute approximate surface area is 98.1 Å². The molecule has 0 aliphatic carbocycles. The highest BCUT2D eigenvalue weighted by molar-refractivity contribution is 9.10. The summed E-state index contributed by atoms with van der Waals surface area (Å²) in [5, 5.41) is 0. The van der Waals surface area contributed by atoms with Crippen LogP contribution in [0.15, 0.2) is 29.3 Å². The topological polar surface area (TPSA) is 9.23 Å². The van der Waals surface area contributed by atoms with Crippen molar-refractivity contribution in [1.29, 1.82) is 0 Å². The lowest BCUT2D eigenvalue weighted by Crippen LogP contribution is -2.10. The Morgan fingerprint density at radius 2 is 2.27 bits per heavy atom. The predicted molar refractivity (Wildman–Crippen MR) is 63.7 cm³/mol. The van der Waals surface area contributed by atoms with E-state index in [1.165, 1.54) is 6.07 Å². The van der Waals surface area contributed by atoms with Crippen molar-refractivity contribution in [1.82, 2.24) is 0 Å². The number of benzene rings is 1. The van der Waals surface area contributed by atoms with E-state index in [-0.39, 0.29) is 11.9 Å². The lowest BCUT2D eigenvalue weighted by Gasteiger charge is -2.15. The van der Waals surface area contributed by atoms with Crippen molar-refractivity contribution in [2.75, 3.05) is 0 Å². The van der Waals surface area contributed by atoms with Gasteiger partial charge in [0.25, 0.3) is 0 Å². The molecule has 0 fully saturated rings. The lowest BCUT2D eigenvalue weighted by atomic mass is 10.2. The Kier molecular flexibility index (Phi) is 4.33. The molecule has 0 spiro atoms. The molecule has 1 aromatic rings. The first-order chi connectivity index (χ1) is 7.06. The Hall–Kier alpha value is -0.830. The molecular formula is C12H14BrFO. The molecule has 0 heterocycles. The van der Waals surface area contributed by atoms with Gasteiger partial charge in [-0.3, -0.25) is 0 Å². The van der Waals surface area contributed by atoms with Gasteiger partial charge in [-0.15, -0.1) is 6.58 Å². The molecule has 0 aromatic heterocycles. The minimum atomic E-state index is -0.231. The molecule has 1 rings (SSSR count). The highest BCUT2D eigenvalue weighted by Crippen LogP contribution is 2.30. The van der Waals surface area contributed by atoms with E-state index in [0.29, 0.717) is 15.8 Å². The standard InChI is InChI=1S/C12H14BrFO/c1-4-5-8(2)15-11-7-6-10(14)9(3)12(11)13/h4,6-8H,1,5H2,2-3H3. The van der Waals surface area contributed by atoms with E-state index in [1.807, 2.05) is 6.92 Å². The number of hydrogen-bond acceptors (Lipinski definition) is 1. The largest absolute Gasteiger partial charge is 0.489 e. The molecule has 1 nitrogen and oxygen atoms in total. The van der Waals surface area contributed by atoms with Crippen LogP contribution in [0.3, 0.4) is 0 Å². The Morgan fingerprint density at radius 3 is 2.87 bits per heavy atom. The maximum atomic E-state index is 13.1. The maximum absolute atomic E-state index is 13.1. The third-order valence-corrected chi connectivity index (χ3v) is 3.10. The van der Waals surface area contributed by atoms with E-state index >= 15 is 0 Å². The highest BCUT2D eigenvalue weighted by Gasteiger charge is 2.10. The monoisotopic (exact) mass is 272 g/mol. The van der Waals surface area contributed by atoms with E-state index < -0.39 is 0 Å². The summed E-state index contributed by atoms with van der Waals surface area (Å²) >= 11 is 3.32. The number of hydrogen-bond donors (Lipinski definition) is 0. The first-order valence-corrected chi connectivity index (χ1v) is 5.57. The zero-order valence-corrected chi connectivity index (χ0v) is 10.5. The van der Waals surface area contributed by atoms with Crippen molar-refractivity contribution in [2.45, 2.75) is 26.4 Å². The first kappa shape index (κ1) is 12.2. The van der Waals surface area contributed by atoms with Gasteiger partial charge in [0.15, 0.2) is 0 Å². The van der Waals surface area contributed by atoms with Gasteiger partial charge in [-0.2, -0.15) is 0 Å². The summed E-state index contributed by atoms with van der Waals surface area (Å²) in [6, 6.07) is 3.04. The third-order valence-electron chi connectivity index (χ3n) is 2.11. The molecule has 0 saturated heterocycles. The van der Waals surface area contributed by atoms with Crippen molar-refractivity contribution < 1.29 is 9.13 Å². The van der Waals surface area contributed by atoms with Gasteiger partial charge in [-0.25, -0.2) is 4.39 Å². The molecule has 82 valence electrons. The van der Waals surface area contributed by atoms with E-state index in [9.17, 15) is 4.39 Å². The minimum Gasteiger partial charge on any atom is -0.489 e. The Morgan fingerprint density at radius 1 is 1.60 bits per heavy atom. The van der Waals surface area contributed by atoms with Crippen LogP contribution in [0.4, 0.5) is 4.39 Å². The van der Waals surface area contributed by atoms with Crippen LogP contribution in [0, 0.1) is 12.7 Å². The van der Waals surface area contributed by atoms with Crippen molar-refractivity contribution in [3.8, 4) is 5.75 Å². The Bertz CT molecular complexity index is 363. The molecule has 3 heteroatoms. The van der Waals surface area contributed by atoms with Crippen LogP contribution >= 0.6 is 15.9 Å². The number of rotatable bonds is 4. The Balaban J connectivity index is 2.86. The van der Waals surface area contributed by atoms with Gasteiger partial charge in [0, 0.05) is 12.0 Å². The molecule has 1 unspecified atom stereocenters. The summed E-state index contributed by atoms with van der Waals surface area (Å²) in [5.41, 5.74) is 0.568. The van der Waals surface area contributed by atoms with Gasteiger partial charge >= 0.3 is 0 Å². The average molecular weight is 273 g/mol. The van der Waals surface area contributed by atoms with Crippen LogP contribution in [0.2, 0.25) is 0 Å². The summed E-state index contributed by atoms with van der Waals surface area (Å²) in [6.45, 7) is 7.31. The smallest absolute Gasteiger partial charge is 0.134 e. The van der Waals surface area contributed by atoms with Gasteiger partial charge in [-0.05, 0) is 41.9 Å². The zero-order chi connectivity index (χ0) is 11.4. The molecular weight excluding hydrogens is 259 g/mol. The summed E-state index contributed by atoms with van der Waals surface area (Å²) in [5.74, 6) is 0.439. The van der Waals surface area contributed by atoms with E-state index in [0.717, 1.165) is 6.42 Å². The van der Waals surface area contributed by atoms with Crippen LogP contribution in [0.1, 0.15) is 18.9 Å². The second-order valence-corrected chi connectivity index (χ2v) is 4.23. The normalized spacial score (nSPS) is 12.3. The van der Waals surface area contributed by atoms with Crippen molar-refractivity contribution in [2.24, 2.45) is 0 Å². The van der Waals surface area contributed by atoms with Crippen LogP contribution < -0.4 is 4.74 Å². The van der Waals surface area contributed by atoms with Crippen molar-refractivity contribution in [3.63, 3.8) is 0 Å². The van der Waals surface area contributed by atoms with Crippen LogP contribution in [0.5, 0.6) is 5.75 Å². The summed E-state index contributed by atoms with van der Waals surface area (Å²) in [7, 11) is 0. The molecule has 1 atom stereocenters. The SMILES string of the molecule is C=CCC(C)Oc1ccc(F)c(C)c1Br. The number of halogens is 2. The van der Waals surface area contributed by atoms with Crippen LogP contribution in [-0.4, -0.2) is 6.10 Å². The third kappa shape index (κ3) is 3.06. The fourth-order valence-corrected chi connectivity index (χ4v) is 1.64. The minimum absolute atomic E-state index is 0.0451. The molecule has 0 aliphatic rings. The summed E-state index contributed by atoms with van der Waals surface area (Å²) < 4.78 is 19.5.